The molecular weight excluding hydrogens is 412 g/mol. The average Bonchev–Trinajstić information content (AvgIpc) is 3.24. The predicted octanol–water partition coefficient (Wildman–Crippen LogP) is 3.15. The summed E-state index contributed by atoms with van der Waals surface area (Å²) in [6, 6.07) is 16.5. The molecule has 3 aromatic rings. The van der Waals surface area contributed by atoms with E-state index in [1.165, 1.54) is 5.56 Å². The van der Waals surface area contributed by atoms with Gasteiger partial charge in [-0.2, -0.15) is 4.98 Å². The molecule has 0 radical (unpaired) electrons. The second-order valence-electron chi connectivity index (χ2n) is 8.09. The Morgan fingerprint density at radius 3 is 2.48 bits per heavy atom. The summed E-state index contributed by atoms with van der Waals surface area (Å²) in [7, 11) is 0. The van der Waals surface area contributed by atoms with Crippen molar-refractivity contribution in [2.24, 2.45) is 5.92 Å². The molecule has 1 atom stereocenters. The van der Waals surface area contributed by atoms with E-state index in [-0.39, 0.29) is 6.61 Å². The summed E-state index contributed by atoms with van der Waals surface area (Å²) in [6.07, 6.45) is 3.01. The molecule has 0 aliphatic carbocycles. The largest absolute Gasteiger partial charge is 0.392 e. The zero-order valence-electron chi connectivity index (χ0n) is 17.5. The number of aliphatic hydroxyl groups is 1. The molecule has 31 heavy (non-hydrogen) atoms. The molecule has 4 rings (SSSR count). The summed E-state index contributed by atoms with van der Waals surface area (Å²) in [5.74, 6) is 1.54. The Balaban J connectivity index is 1.45. The second kappa shape index (κ2) is 10.1. The average molecular weight is 441 g/mol. The first-order chi connectivity index (χ1) is 15.1. The quantitative estimate of drug-likeness (QED) is 0.429. The van der Waals surface area contributed by atoms with Crippen molar-refractivity contribution < 1.29 is 5.11 Å². The molecule has 0 spiro atoms. The van der Waals surface area contributed by atoms with Gasteiger partial charge in [-0.1, -0.05) is 48.0 Å². The Morgan fingerprint density at radius 2 is 1.84 bits per heavy atom. The van der Waals surface area contributed by atoms with Crippen molar-refractivity contribution in [3.63, 3.8) is 0 Å². The first kappa shape index (κ1) is 21.6. The van der Waals surface area contributed by atoms with Crippen molar-refractivity contribution in [3.8, 4) is 0 Å². The molecule has 1 aromatic heterocycles. The summed E-state index contributed by atoms with van der Waals surface area (Å²) in [5.41, 5.74) is 9.06. The van der Waals surface area contributed by atoms with Crippen LogP contribution in [-0.2, 0) is 19.6 Å². The summed E-state index contributed by atoms with van der Waals surface area (Å²) in [6.45, 7) is 2.58. The van der Waals surface area contributed by atoms with Crippen molar-refractivity contribution >= 4 is 23.5 Å². The maximum Gasteiger partial charge on any atom is 0.246 e. The van der Waals surface area contributed by atoms with E-state index in [2.05, 4.69) is 43.6 Å². The van der Waals surface area contributed by atoms with Crippen LogP contribution in [0.4, 0.5) is 11.9 Å². The highest BCUT2D eigenvalue weighted by Crippen LogP contribution is 2.26. The third-order valence-electron chi connectivity index (χ3n) is 6.09. The lowest BCUT2D eigenvalue weighted by Gasteiger charge is -2.36. The van der Waals surface area contributed by atoms with E-state index in [0.29, 0.717) is 23.9 Å². The van der Waals surface area contributed by atoms with Gasteiger partial charge < -0.3 is 21.1 Å². The van der Waals surface area contributed by atoms with Crippen LogP contribution in [0.3, 0.4) is 0 Å². The molecule has 7 nitrogen and oxygen atoms in total. The number of aliphatic hydroxyl groups excluding tert-OH is 1. The lowest BCUT2D eigenvalue weighted by Crippen LogP contribution is -2.44. The first-order valence-corrected chi connectivity index (χ1v) is 11.1. The monoisotopic (exact) mass is 440 g/mol. The van der Waals surface area contributed by atoms with Gasteiger partial charge in [0.1, 0.15) is 0 Å². The van der Waals surface area contributed by atoms with E-state index in [0.717, 1.165) is 55.0 Å². The van der Waals surface area contributed by atoms with Gasteiger partial charge in [-0.05, 0) is 54.0 Å². The van der Waals surface area contributed by atoms with Crippen molar-refractivity contribution in [2.75, 3.05) is 23.7 Å². The predicted molar refractivity (Wildman–Crippen MR) is 124 cm³/mol. The molecule has 5 N–H and O–H groups in total. The highest BCUT2D eigenvalue weighted by molar-refractivity contribution is 6.30. The zero-order valence-corrected chi connectivity index (χ0v) is 18.2. The van der Waals surface area contributed by atoms with Gasteiger partial charge in [0, 0.05) is 30.7 Å². The van der Waals surface area contributed by atoms with E-state index in [1.54, 1.807) is 0 Å². The second-order valence-corrected chi connectivity index (χ2v) is 8.53. The Bertz CT molecular complexity index is 968. The van der Waals surface area contributed by atoms with Crippen LogP contribution in [0.25, 0.3) is 0 Å². The van der Waals surface area contributed by atoms with Crippen LogP contribution in [0, 0.1) is 5.92 Å². The standard InChI is InChI=1S/C23H29ClN6O/c24-20-7-5-16(6-8-20)13-21(26-14-18-3-1-2-4-19(18)15-31)17-9-11-30(12-10-17)23-27-22(25)28-29-23/h1-8,17,21,26,31H,9-15H2,(H3,25,27,28,29). The van der Waals surface area contributed by atoms with Crippen molar-refractivity contribution in [1.82, 2.24) is 20.5 Å². The minimum atomic E-state index is 0.0535. The normalized spacial score (nSPS) is 15.9. The van der Waals surface area contributed by atoms with Crippen molar-refractivity contribution in [3.05, 3.63) is 70.2 Å². The fourth-order valence-corrected chi connectivity index (χ4v) is 4.44. The van der Waals surface area contributed by atoms with Crippen LogP contribution >= 0.6 is 11.6 Å². The molecule has 1 saturated heterocycles. The Kier molecular flexibility index (Phi) is 7.06. The maximum absolute atomic E-state index is 9.66. The number of nitrogens with zero attached hydrogens (tertiary/aromatic N) is 3. The van der Waals surface area contributed by atoms with Crippen LogP contribution in [0.1, 0.15) is 29.5 Å². The summed E-state index contributed by atoms with van der Waals surface area (Å²) in [4.78, 5) is 6.44. The van der Waals surface area contributed by atoms with Gasteiger partial charge in [0.05, 0.1) is 6.61 Å². The molecule has 164 valence electrons. The van der Waals surface area contributed by atoms with Gasteiger partial charge in [0.25, 0.3) is 0 Å². The number of anilines is 2. The van der Waals surface area contributed by atoms with Gasteiger partial charge in [-0.3, -0.25) is 0 Å². The minimum absolute atomic E-state index is 0.0535. The summed E-state index contributed by atoms with van der Waals surface area (Å²) < 4.78 is 0. The molecule has 8 heteroatoms. The van der Waals surface area contributed by atoms with Crippen LogP contribution < -0.4 is 16.0 Å². The molecule has 0 amide bonds. The lowest BCUT2D eigenvalue weighted by molar-refractivity contribution is 0.276. The fourth-order valence-electron chi connectivity index (χ4n) is 4.31. The third kappa shape index (κ3) is 5.55. The zero-order chi connectivity index (χ0) is 21.6. The fraction of sp³-hybridized carbons (Fsp3) is 0.391. The molecule has 0 bridgehead atoms. The maximum atomic E-state index is 9.66. The van der Waals surface area contributed by atoms with Crippen LogP contribution in [0.5, 0.6) is 0 Å². The van der Waals surface area contributed by atoms with Gasteiger partial charge >= 0.3 is 0 Å². The molecule has 1 unspecified atom stereocenters. The highest BCUT2D eigenvalue weighted by atomic mass is 35.5. The number of nitrogen functional groups attached to an aromatic ring is 1. The number of halogens is 1. The molecule has 2 heterocycles. The molecule has 2 aromatic carbocycles. The molecule has 1 aliphatic rings. The number of rotatable bonds is 8. The minimum Gasteiger partial charge on any atom is -0.392 e. The van der Waals surface area contributed by atoms with Gasteiger partial charge in [0.15, 0.2) is 0 Å². The van der Waals surface area contributed by atoms with Crippen molar-refractivity contribution in [1.29, 1.82) is 0 Å². The van der Waals surface area contributed by atoms with Crippen LogP contribution in [0.15, 0.2) is 48.5 Å². The number of aromatic amines is 1. The van der Waals surface area contributed by atoms with E-state index in [1.807, 2.05) is 30.3 Å². The van der Waals surface area contributed by atoms with Crippen molar-refractivity contribution in [2.45, 2.75) is 38.5 Å². The molecule has 1 aliphatic heterocycles. The number of hydrogen-bond donors (Lipinski definition) is 4. The number of hydrogen-bond acceptors (Lipinski definition) is 6. The molecular formula is C23H29ClN6O. The smallest absolute Gasteiger partial charge is 0.246 e. The Morgan fingerprint density at radius 1 is 1.13 bits per heavy atom. The summed E-state index contributed by atoms with van der Waals surface area (Å²) in [5, 5.41) is 21.1. The van der Waals surface area contributed by atoms with E-state index in [9.17, 15) is 5.11 Å². The van der Waals surface area contributed by atoms with Crippen LogP contribution in [-0.4, -0.2) is 39.4 Å². The lowest BCUT2D eigenvalue weighted by atomic mass is 9.85. The number of piperidine rings is 1. The third-order valence-corrected chi connectivity index (χ3v) is 6.35. The Labute approximate surface area is 187 Å². The van der Waals surface area contributed by atoms with Gasteiger partial charge in [-0.15, -0.1) is 5.10 Å². The molecule has 0 saturated carbocycles. The van der Waals surface area contributed by atoms with Crippen LogP contribution in [0.2, 0.25) is 5.02 Å². The summed E-state index contributed by atoms with van der Waals surface area (Å²) >= 11 is 6.08. The van der Waals surface area contributed by atoms with Gasteiger partial charge in [0.2, 0.25) is 11.9 Å². The molecule has 1 fully saturated rings. The number of nitrogens with two attached hydrogens (primary N) is 1. The van der Waals surface area contributed by atoms with Gasteiger partial charge in [-0.25, -0.2) is 5.10 Å². The SMILES string of the molecule is Nc1nc(N2CCC(C(Cc3ccc(Cl)cc3)NCc3ccccc3CO)CC2)n[nH]1. The Hall–Kier alpha value is -2.61. The topological polar surface area (TPSA) is 103 Å². The number of H-pyrrole nitrogens is 1. The number of nitrogens with one attached hydrogen (secondary N) is 2. The first-order valence-electron chi connectivity index (χ1n) is 10.7. The van der Waals surface area contributed by atoms with E-state index < -0.39 is 0 Å². The van der Waals surface area contributed by atoms with E-state index >= 15 is 0 Å². The number of aromatic nitrogens is 3. The van der Waals surface area contributed by atoms with E-state index in [4.69, 9.17) is 17.3 Å². The highest BCUT2D eigenvalue weighted by Gasteiger charge is 2.28. The number of benzene rings is 2.